The fourth-order valence-electron chi connectivity index (χ4n) is 2.92. The smallest absolute Gasteiger partial charge is 0.322 e. The van der Waals surface area contributed by atoms with Crippen LogP contribution in [-0.4, -0.2) is 52.5 Å². The number of carbonyl (C=O) groups excluding carboxylic acids is 1. The van der Waals surface area contributed by atoms with Gasteiger partial charge in [-0.1, -0.05) is 0 Å². The first kappa shape index (κ1) is 16.1. The van der Waals surface area contributed by atoms with Gasteiger partial charge < -0.3 is 19.7 Å². The molecule has 2 aromatic rings. The fraction of sp³-hybridized carbons (Fsp3) is 0.438. The molecule has 2 amide bonds. The number of urea groups is 1. The van der Waals surface area contributed by atoms with Crippen molar-refractivity contribution in [2.75, 3.05) is 26.1 Å². The summed E-state index contributed by atoms with van der Waals surface area (Å²) in [6.45, 7) is 1.37. The quantitative estimate of drug-likeness (QED) is 0.906. The number of carbonyl (C=O) groups is 1. The Morgan fingerprint density at radius 3 is 2.96 bits per heavy atom. The number of likely N-dealkylation sites (tertiary alicyclic amines) is 1. The minimum atomic E-state index is -0.138. The minimum absolute atomic E-state index is 0.107. The Balaban J connectivity index is 1.69. The Kier molecular flexibility index (Phi) is 4.83. The van der Waals surface area contributed by atoms with Gasteiger partial charge in [0.1, 0.15) is 24.2 Å². The molecule has 1 fully saturated rings. The van der Waals surface area contributed by atoms with Crippen LogP contribution in [0.2, 0.25) is 0 Å². The summed E-state index contributed by atoms with van der Waals surface area (Å²) in [7, 11) is 3.15. The van der Waals surface area contributed by atoms with Gasteiger partial charge >= 0.3 is 6.03 Å². The molecule has 1 aliphatic rings. The van der Waals surface area contributed by atoms with Crippen molar-refractivity contribution in [1.29, 1.82) is 0 Å². The number of nitrogens with zero attached hydrogens (tertiary/aromatic N) is 4. The van der Waals surface area contributed by atoms with E-state index in [-0.39, 0.29) is 12.1 Å². The second-order valence-electron chi connectivity index (χ2n) is 5.60. The molecule has 0 bridgehead atoms. The Morgan fingerprint density at radius 2 is 2.25 bits per heavy atom. The number of rotatable bonds is 5. The van der Waals surface area contributed by atoms with Gasteiger partial charge in [0, 0.05) is 12.6 Å². The van der Waals surface area contributed by atoms with E-state index >= 15 is 0 Å². The van der Waals surface area contributed by atoms with Crippen LogP contribution in [0.5, 0.6) is 11.5 Å². The standard InChI is InChI=1S/C16H21N5O3/c1-23-13-5-6-14(15(8-13)24-2)19-16(22)21-7-3-4-12(21)9-20-11-17-10-18-20/h5-6,8,10-12H,3-4,7,9H2,1-2H3,(H,19,22). The molecule has 0 spiro atoms. The van der Waals surface area contributed by atoms with Gasteiger partial charge in [0.15, 0.2) is 0 Å². The van der Waals surface area contributed by atoms with Crippen LogP contribution in [0.3, 0.4) is 0 Å². The number of aromatic nitrogens is 3. The summed E-state index contributed by atoms with van der Waals surface area (Å²) < 4.78 is 12.3. The second kappa shape index (κ2) is 7.20. The van der Waals surface area contributed by atoms with Crippen LogP contribution in [0.25, 0.3) is 0 Å². The number of amides is 2. The van der Waals surface area contributed by atoms with E-state index < -0.39 is 0 Å². The summed E-state index contributed by atoms with van der Waals surface area (Å²) in [6.07, 6.45) is 5.10. The van der Waals surface area contributed by atoms with E-state index in [0.717, 1.165) is 19.4 Å². The van der Waals surface area contributed by atoms with Crippen molar-refractivity contribution < 1.29 is 14.3 Å². The molecule has 128 valence electrons. The zero-order valence-corrected chi connectivity index (χ0v) is 13.8. The van der Waals surface area contributed by atoms with E-state index in [2.05, 4.69) is 15.4 Å². The zero-order chi connectivity index (χ0) is 16.9. The number of hydrogen-bond acceptors (Lipinski definition) is 5. The molecule has 1 aromatic carbocycles. The number of ether oxygens (including phenoxy) is 2. The minimum Gasteiger partial charge on any atom is -0.497 e. The van der Waals surface area contributed by atoms with Crippen LogP contribution < -0.4 is 14.8 Å². The lowest BCUT2D eigenvalue weighted by molar-refractivity contribution is 0.199. The van der Waals surface area contributed by atoms with Crippen molar-refractivity contribution in [2.45, 2.75) is 25.4 Å². The highest BCUT2D eigenvalue weighted by molar-refractivity contribution is 5.91. The second-order valence-corrected chi connectivity index (χ2v) is 5.60. The summed E-state index contributed by atoms with van der Waals surface area (Å²) in [6, 6.07) is 5.27. The van der Waals surface area contributed by atoms with E-state index in [1.54, 1.807) is 43.4 Å². The summed E-state index contributed by atoms with van der Waals surface area (Å²) in [5.74, 6) is 1.24. The molecule has 1 aromatic heterocycles. The van der Waals surface area contributed by atoms with Crippen molar-refractivity contribution in [2.24, 2.45) is 0 Å². The van der Waals surface area contributed by atoms with Crippen molar-refractivity contribution in [1.82, 2.24) is 19.7 Å². The largest absolute Gasteiger partial charge is 0.497 e. The molecular formula is C16H21N5O3. The van der Waals surface area contributed by atoms with Gasteiger partial charge in [-0.2, -0.15) is 5.10 Å². The molecule has 1 N–H and O–H groups in total. The third kappa shape index (κ3) is 3.42. The molecule has 0 saturated carbocycles. The molecule has 8 nitrogen and oxygen atoms in total. The van der Waals surface area contributed by atoms with Gasteiger partial charge in [0.05, 0.1) is 32.5 Å². The normalized spacial score (nSPS) is 16.9. The number of hydrogen-bond donors (Lipinski definition) is 1. The summed E-state index contributed by atoms with van der Waals surface area (Å²) in [4.78, 5) is 18.4. The summed E-state index contributed by atoms with van der Waals surface area (Å²) in [5.41, 5.74) is 0.620. The van der Waals surface area contributed by atoms with Gasteiger partial charge in [-0.05, 0) is 25.0 Å². The monoisotopic (exact) mass is 331 g/mol. The van der Waals surface area contributed by atoms with Gasteiger partial charge in [0.2, 0.25) is 0 Å². The van der Waals surface area contributed by atoms with Crippen LogP contribution in [0, 0.1) is 0 Å². The molecule has 1 unspecified atom stereocenters. The summed E-state index contributed by atoms with van der Waals surface area (Å²) in [5, 5.41) is 7.04. The lowest BCUT2D eigenvalue weighted by atomic mass is 10.2. The Morgan fingerprint density at radius 1 is 1.38 bits per heavy atom. The maximum Gasteiger partial charge on any atom is 0.322 e. The van der Waals surface area contributed by atoms with Gasteiger partial charge in [-0.25, -0.2) is 9.78 Å². The predicted molar refractivity (Wildman–Crippen MR) is 88.3 cm³/mol. The van der Waals surface area contributed by atoms with E-state index in [0.29, 0.717) is 23.7 Å². The number of anilines is 1. The lowest BCUT2D eigenvalue weighted by Crippen LogP contribution is -2.40. The first-order valence-corrected chi connectivity index (χ1v) is 7.83. The fourth-order valence-corrected chi connectivity index (χ4v) is 2.92. The Labute approximate surface area is 140 Å². The van der Waals surface area contributed by atoms with Crippen LogP contribution in [0.4, 0.5) is 10.5 Å². The molecule has 0 aliphatic carbocycles. The van der Waals surface area contributed by atoms with Crippen LogP contribution >= 0.6 is 0 Å². The molecule has 24 heavy (non-hydrogen) atoms. The Hall–Kier alpha value is -2.77. The zero-order valence-electron chi connectivity index (χ0n) is 13.8. The van der Waals surface area contributed by atoms with Gasteiger partial charge in [-0.15, -0.1) is 0 Å². The van der Waals surface area contributed by atoms with E-state index in [4.69, 9.17) is 9.47 Å². The molecule has 2 heterocycles. The molecule has 1 aliphatic heterocycles. The molecular weight excluding hydrogens is 310 g/mol. The maximum absolute atomic E-state index is 12.7. The lowest BCUT2D eigenvalue weighted by Gasteiger charge is -2.25. The van der Waals surface area contributed by atoms with Crippen molar-refractivity contribution in [3.05, 3.63) is 30.9 Å². The number of nitrogens with one attached hydrogen (secondary N) is 1. The topological polar surface area (TPSA) is 81.5 Å². The average molecular weight is 331 g/mol. The highest BCUT2D eigenvalue weighted by Gasteiger charge is 2.29. The van der Waals surface area contributed by atoms with Crippen molar-refractivity contribution >= 4 is 11.7 Å². The van der Waals surface area contributed by atoms with Gasteiger partial charge in [0.25, 0.3) is 0 Å². The SMILES string of the molecule is COc1ccc(NC(=O)N2CCCC2Cn2cncn2)c(OC)c1. The first-order chi connectivity index (χ1) is 11.7. The molecule has 0 radical (unpaired) electrons. The summed E-state index contributed by atoms with van der Waals surface area (Å²) >= 11 is 0. The molecule has 3 rings (SSSR count). The first-order valence-electron chi connectivity index (χ1n) is 7.83. The highest BCUT2D eigenvalue weighted by Crippen LogP contribution is 2.30. The van der Waals surface area contributed by atoms with Crippen LogP contribution in [-0.2, 0) is 6.54 Å². The van der Waals surface area contributed by atoms with E-state index in [1.165, 1.54) is 6.33 Å². The number of benzene rings is 1. The van der Waals surface area contributed by atoms with Crippen LogP contribution in [0.1, 0.15) is 12.8 Å². The van der Waals surface area contributed by atoms with Gasteiger partial charge in [-0.3, -0.25) is 4.68 Å². The van der Waals surface area contributed by atoms with E-state index in [9.17, 15) is 4.79 Å². The number of methoxy groups -OCH3 is 2. The molecule has 8 heteroatoms. The predicted octanol–water partition coefficient (Wildman–Crippen LogP) is 1.99. The van der Waals surface area contributed by atoms with Crippen LogP contribution in [0.15, 0.2) is 30.9 Å². The highest BCUT2D eigenvalue weighted by atomic mass is 16.5. The third-order valence-corrected chi connectivity index (χ3v) is 4.15. The van der Waals surface area contributed by atoms with Crippen molar-refractivity contribution in [3.8, 4) is 11.5 Å². The van der Waals surface area contributed by atoms with E-state index in [1.807, 2.05) is 4.90 Å². The molecule has 1 saturated heterocycles. The third-order valence-electron chi connectivity index (χ3n) is 4.15. The maximum atomic E-state index is 12.7. The molecule has 1 atom stereocenters. The average Bonchev–Trinajstić information content (AvgIpc) is 3.27. The Bertz CT molecular complexity index is 689. The van der Waals surface area contributed by atoms with Crippen molar-refractivity contribution in [3.63, 3.8) is 0 Å².